The van der Waals surface area contributed by atoms with Crippen molar-refractivity contribution in [3.63, 3.8) is 0 Å². The van der Waals surface area contributed by atoms with Gasteiger partial charge in [0, 0.05) is 23.5 Å². The van der Waals surface area contributed by atoms with Crippen molar-refractivity contribution >= 4 is 29.1 Å². The zero-order valence-corrected chi connectivity index (χ0v) is 11.6. The maximum absolute atomic E-state index is 12.3. The average Bonchev–Trinajstić information content (AvgIpc) is 2.35. The summed E-state index contributed by atoms with van der Waals surface area (Å²) in [5, 5.41) is 10.3. The minimum atomic E-state index is -0.189. The van der Waals surface area contributed by atoms with Crippen LogP contribution < -0.4 is 0 Å². The standard InChI is InChI=1S/C13H15Cl2NO2/c1-8-7-16(5-4-11(8)15)13(18)10-6-9(14)2-3-12(10)17/h2-3,6,8,11,17H,4-5,7H2,1H3. The molecule has 3 nitrogen and oxygen atoms in total. The average molecular weight is 288 g/mol. The highest BCUT2D eigenvalue weighted by Gasteiger charge is 2.28. The van der Waals surface area contributed by atoms with Gasteiger partial charge in [-0.3, -0.25) is 4.79 Å². The van der Waals surface area contributed by atoms with Crippen LogP contribution in [0.2, 0.25) is 5.02 Å². The topological polar surface area (TPSA) is 40.5 Å². The van der Waals surface area contributed by atoms with E-state index in [2.05, 4.69) is 0 Å². The van der Waals surface area contributed by atoms with E-state index in [9.17, 15) is 9.90 Å². The molecule has 0 aliphatic carbocycles. The van der Waals surface area contributed by atoms with Gasteiger partial charge in [0.25, 0.3) is 5.91 Å². The number of phenolic OH excluding ortho intramolecular Hbond substituents is 1. The van der Waals surface area contributed by atoms with Crippen LogP contribution in [0.4, 0.5) is 0 Å². The van der Waals surface area contributed by atoms with Crippen molar-refractivity contribution in [2.75, 3.05) is 13.1 Å². The zero-order valence-electron chi connectivity index (χ0n) is 10.1. The molecule has 1 aliphatic heterocycles. The van der Waals surface area contributed by atoms with Crippen LogP contribution in [0.15, 0.2) is 18.2 Å². The molecule has 1 aliphatic rings. The number of alkyl halides is 1. The van der Waals surface area contributed by atoms with Crippen molar-refractivity contribution in [1.29, 1.82) is 0 Å². The Bertz CT molecular complexity index is 464. The van der Waals surface area contributed by atoms with Gasteiger partial charge in [-0.1, -0.05) is 18.5 Å². The molecule has 0 spiro atoms. The Morgan fingerprint density at radius 2 is 2.22 bits per heavy atom. The molecule has 2 rings (SSSR count). The van der Waals surface area contributed by atoms with Gasteiger partial charge in [-0.15, -0.1) is 11.6 Å². The highest BCUT2D eigenvalue weighted by molar-refractivity contribution is 6.31. The molecular weight excluding hydrogens is 273 g/mol. The van der Waals surface area contributed by atoms with Crippen LogP contribution >= 0.6 is 23.2 Å². The minimum absolute atomic E-state index is 0.0370. The summed E-state index contributed by atoms with van der Waals surface area (Å²) in [5.41, 5.74) is 0.253. The first-order valence-electron chi connectivity index (χ1n) is 5.91. The molecule has 1 heterocycles. The largest absolute Gasteiger partial charge is 0.507 e. The summed E-state index contributed by atoms with van der Waals surface area (Å²) in [6.45, 7) is 3.25. The van der Waals surface area contributed by atoms with Crippen molar-refractivity contribution in [1.82, 2.24) is 4.90 Å². The molecular formula is C13H15Cl2NO2. The van der Waals surface area contributed by atoms with E-state index in [1.54, 1.807) is 11.0 Å². The maximum Gasteiger partial charge on any atom is 0.257 e. The van der Waals surface area contributed by atoms with Crippen molar-refractivity contribution < 1.29 is 9.90 Å². The van der Waals surface area contributed by atoms with Gasteiger partial charge >= 0.3 is 0 Å². The van der Waals surface area contributed by atoms with Gasteiger partial charge in [0.2, 0.25) is 0 Å². The van der Waals surface area contributed by atoms with Crippen molar-refractivity contribution in [3.05, 3.63) is 28.8 Å². The Labute approximate surface area is 116 Å². The number of benzene rings is 1. The number of hydrogen-bond donors (Lipinski definition) is 1. The first kappa shape index (κ1) is 13.5. The maximum atomic E-state index is 12.3. The number of aromatic hydroxyl groups is 1. The normalized spacial score (nSPS) is 24.1. The van der Waals surface area contributed by atoms with Crippen molar-refractivity contribution in [2.45, 2.75) is 18.7 Å². The van der Waals surface area contributed by atoms with Crippen LogP contribution in [0.1, 0.15) is 23.7 Å². The Morgan fingerprint density at radius 3 is 2.89 bits per heavy atom. The smallest absolute Gasteiger partial charge is 0.257 e. The van der Waals surface area contributed by atoms with E-state index in [1.165, 1.54) is 12.1 Å². The second-order valence-electron chi connectivity index (χ2n) is 4.69. The second kappa shape index (κ2) is 5.37. The lowest BCUT2D eigenvalue weighted by Crippen LogP contribution is -2.43. The quantitative estimate of drug-likeness (QED) is 0.806. The predicted molar refractivity (Wildman–Crippen MR) is 72.4 cm³/mol. The number of halogens is 2. The van der Waals surface area contributed by atoms with Crippen LogP contribution in [0.3, 0.4) is 0 Å². The predicted octanol–water partition coefficient (Wildman–Crippen LogP) is 3.14. The molecule has 5 heteroatoms. The Morgan fingerprint density at radius 1 is 1.50 bits per heavy atom. The van der Waals surface area contributed by atoms with Gasteiger partial charge in [-0.05, 0) is 30.5 Å². The van der Waals surface area contributed by atoms with Crippen LogP contribution in [0.5, 0.6) is 5.75 Å². The van der Waals surface area contributed by atoms with Crippen LogP contribution in [0, 0.1) is 5.92 Å². The fraction of sp³-hybridized carbons (Fsp3) is 0.462. The number of carbonyl (C=O) groups excluding carboxylic acids is 1. The molecule has 1 saturated heterocycles. The number of rotatable bonds is 1. The molecule has 0 radical (unpaired) electrons. The molecule has 2 unspecified atom stereocenters. The van der Waals surface area contributed by atoms with Gasteiger partial charge in [0.05, 0.1) is 5.56 Å². The summed E-state index contributed by atoms with van der Waals surface area (Å²) in [7, 11) is 0. The molecule has 18 heavy (non-hydrogen) atoms. The van der Waals surface area contributed by atoms with Gasteiger partial charge in [0.15, 0.2) is 0 Å². The van der Waals surface area contributed by atoms with E-state index in [0.717, 1.165) is 6.42 Å². The van der Waals surface area contributed by atoms with E-state index in [4.69, 9.17) is 23.2 Å². The molecule has 2 atom stereocenters. The molecule has 1 N–H and O–H groups in total. The Balaban J connectivity index is 2.19. The molecule has 1 amide bonds. The summed E-state index contributed by atoms with van der Waals surface area (Å²) in [4.78, 5) is 14.0. The van der Waals surface area contributed by atoms with E-state index in [1.807, 2.05) is 6.92 Å². The molecule has 0 aromatic heterocycles. The summed E-state index contributed by atoms with van der Waals surface area (Å²) in [6.07, 6.45) is 0.774. The number of phenols is 1. The lowest BCUT2D eigenvalue weighted by atomic mass is 9.98. The first-order chi connectivity index (χ1) is 8.49. The fourth-order valence-electron chi connectivity index (χ4n) is 2.15. The number of likely N-dealkylation sites (tertiary alicyclic amines) is 1. The number of nitrogens with zero attached hydrogens (tertiary/aromatic N) is 1. The molecule has 1 aromatic carbocycles. The molecule has 0 bridgehead atoms. The van der Waals surface area contributed by atoms with Crippen molar-refractivity contribution in [3.8, 4) is 5.75 Å². The summed E-state index contributed by atoms with van der Waals surface area (Å²) in [5.74, 6) is 0.0289. The Kier molecular flexibility index (Phi) is 4.03. The molecule has 0 saturated carbocycles. The number of piperidine rings is 1. The third-order valence-corrected chi connectivity index (χ3v) is 4.16. The van der Waals surface area contributed by atoms with Gasteiger partial charge < -0.3 is 10.0 Å². The van der Waals surface area contributed by atoms with Gasteiger partial charge in [-0.2, -0.15) is 0 Å². The van der Waals surface area contributed by atoms with Crippen LogP contribution in [0.25, 0.3) is 0 Å². The highest BCUT2D eigenvalue weighted by atomic mass is 35.5. The monoisotopic (exact) mass is 287 g/mol. The van der Waals surface area contributed by atoms with Crippen LogP contribution in [-0.4, -0.2) is 34.4 Å². The summed E-state index contributed by atoms with van der Waals surface area (Å²) in [6, 6.07) is 4.49. The third-order valence-electron chi connectivity index (χ3n) is 3.28. The molecule has 98 valence electrons. The summed E-state index contributed by atoms with van der Waals surface area (Å²) < 4.78 is 0. The van der Waals surface area contributed by atoms with Gasteiger partial charge in [-0.25, -0.2) is 0 Å². The number of hydrogen-bond acceptors (Lipinski definition) is 2. The zero-order chi connectivity index (χ0) is 13.3. The second-order valence-corrected chi connectivity index (χ2v) is 5.69. The van der Waals surface area contributed by atoms with E-state index in [-0.39, 0.29) is 28.5 Å². The SMILES string of the molecule is CC1CN(C(=O)c2cc(Cl)ccc2O)CCC1Cl. The minimum Gasteiger partial charge on any atom is -0.507 e. The molecule has 1 fully saturated rings. The van der Waals surface area contributed by atoms with E-state index in [0.29, 0.717) is 18.1 Å². The van der Waals surface area contributed by atoms with Gasteiger partial charge in [0.1, 0.15) is 5.75 Å². The van der Waals surface area contributed by atoms with Crippen LogP contribution in [-0.2, 0) is 0 Å². The van der Waals surface area contributed by atoms with E-state index < -0.39 is 0 Å². The molecule has 1 aromatic rings. The van der Waals surface area contributed by atoms with E-state index >= 15 is 0 Å². The lowest BCUT2D eigenvalue weighted by molar-refractivity contribution is 0.0684. The number of carbonyl (C=O) groups is 1. The summed E-state index contributed by atoms with van der Waals surface area (Å²) >= 11 is 12.0. The first-order valence-corrected chi connectivity index (χ1v) is 6.72. The lowest BCUT2D eigenvalue weighted by Gasteiger charge is -2.34. The van der Waals surface area contributed by atoms with Crippen molar-refractivity contribution in [2.24, 2.45) is 5.92 Å². The third kappa shape index (κ3) is 2.73. The Hall–Kier alpha value is -0.930. The fourth-order valence-corrected chi connectivity index (χ4v) is 2.50. The number of amides is 1. The highest BCUT2D eigenvalue weighted by Crippen LogP contribution is 2.27.